The van der Waals surface area contributed by atoms with E-state index >= 15 is 0 Å². The molecule has 0 aliphatic carbocycles. The lowest BCUT2D eigenvalue weighted by Gasteiger charge is -2.36. The van der Waals surface area contributed by atoms with Gasteiger partial charge in [-0.1, -0.05) is 23.8 Å². The Labute approximate surface area is 154 Å². The smallest absolute Gasteiger partial charge is 0.119 e. The normalized spacial score (nSPS) is 22.8. The highest BCUT2D eigenvalue weighted by Crippen LogP contribution is 2.43. The first kappa shape index (κ1) is 16.6. The van der Waals surface area contributed by atoms with Crippen molar-refractivity contribution in [1.29, 1.82) is 0 Å². The molecule has 2 aromatic rings. The van der Waals surface area contributed by atoms with Crippen LogP contribution >= 0.6 is 11.3 Å². The first-order chi connectivity index (χ1) is 12.3. The van der Waals surface area contributed by atoms with E-state index < -0.39 is 0 Å². The molecule has 2 aliphatic heterocycles. The van der Waals surface area contributed by atoms with Gasteiger partial charge in [0.15, 0.2) is 0 Å². The van der Waals surface area contributed by atoms with E-state index in [1.807, 2.05) is 6.07 Å². The van der Waals surface area contributed by atoms with Crippen molar-refractivity contribution in [3.8, 4) is 5.75 Å². The van der Waals surface area contributed by atoms with Crippen molar-refractivity contribution in [2.24, 2.45) is 0 Å². The van der Waals surface area contributed by atoms with Crippen molar-refractivity contribution in [3.05, 3.63) is 70.4 Å². The molecule has 25 heavy (non-hydrogen) atoms. The average molecular weight is 352 g/mol. The Morgan fingerprint density at radius 1 is 1.24 bits per heavy atom. The lowest BCUT2D eigenvalue weighted by molar-refractivity contribution is 0.186. The predicted molar refractivity (Wildman–Crippen MR) is 106 cm³/mol. The minimum Gasteiger partial charge on any atom is -0.497 e. The fraction of sp³-hybridized carbons (Fsp3) is 0.364. The average Bonchev–Trinajstić information content (AvgIpc) is 3.23. The van der Waals surface area contributed by atoms with E-state index in [1.165, 1.54) is 42.4 Å². The second-order valence-electron chi connectivity index (χ2n) is 7.00. The van der Waals surface area contributed by atoms with Crippen LogP contribution in [0.2, 0.25) is 0 Å². The largest absolute Gasteiger partial charge is 0.497 e. The van der Waals surface area contributed by atoms with Crippen molar-refractivity contribution >= 4 is 16.9 Å². The van der Waals surface area contributed by atoms with Gasteiger partial charge in [-0.2, -0.15) is 11.3 Å². The summed E-state index contributed by atoms with van der Waals surface area (Å²) in [4.78, 5) is 2.66. The van der Waals surface area contributed by atoms with Gasteiger partial charge in [0.1, 0.15) is 5.75 Å². The maximum atomic E-state index is 5.47. The number of rotatable bonds is 5. The van der Waals surface area contributed by atoms with Gasteiger partial charge in [0.25, 0.3) is 0 Å². The van der Waals surface area contributed by atoms with E-state index in [2.05, 4.69) is 52.6 Å². The molecule has 130 valence electrons. The lowest BCUT2D eigenvalue weighted by atomic mass is 9.86. The van der Waals surface area contributed by atoms with Gasteiger partial charge in [-0.3, -0.25) is 4.90 Å². The summed E-state index contributed by atoms with van der Waals surface area (Å²) in [5.41, 5.74) is 5.67. The van der Waals surface area contributed by atoms with Crippen molar-refractivity contribution in [2.45, 2.75) is 37.8 Å². The molecule has 4 rings (SSSR count). The zero-order valence-electron chi connectivity index (χ0n) is 14.8. The van der Waals surface area contributed by atoms with Gasteiger partial charge in [0.2, 0.25) is 0 Å². The van der Waals surface area contributed by atoms with Crippen LogP contribution in [-0.4, -0.2) is 30.6 Å². The van der Waals surface area contributed by atoms with E-state index in [4.69, 9.17) is 4.74 Å². The van der Waals surface area contributed by atoms with Crippen LogP contribution in [0, 0.1) is 0 Å². The number of ether oxygens (including phenoxy) is 1. The van der Waals surface area contributed by atoms with E-state index in [0.717, 1.165) is 12.3 Å². The van der Waals surface area contributed by atoms with E-state index in [9.17, 15) is 0 Å². The van der Waals surface area contributed by atoms with Crippen molar-refractivity contribution in [3.63, 3.8) is 0 Å². The molecule has 3 heteroatoms. The molecule has 1 aromatic heterocycles. The predicted octanol–water partition coefficient (Wildman–Crippen LogP) is 5.37. The van der Waals surface area contributed by atoms with Gasteiger partial charge in [-0.05, 0) is 71.3 Å². The summed E-state index contributed by atoms with van der Waals surface area (Å²) in [5, 5.41) is 4.46. The highest BCUT2D eigenvalue weighted by molar-refractivity contribution is 7.08. The van der Waals surface area contributed by atoms with Crippen LogP contribution in [0.4, 0.5) is 0 Å². The summed E-state index contributed by atoms with van der Waals surface area (Å²) < 4.78 is 5.47. The van der Waals surface area contributed by atoms with Crippen LogP contribution in [0.3, 0.4) is 0 Å². The number of nitrogens with zero attached hydrogens (tertiary/aromatic N) is 1. The van der Waals surface area contributed by atoms with E-state index in [0.29, 0.717) is 12.1 Å². The highest BCUT2D eigenvalue weighted by Gasteiger charge is 2.38. The Hall–Kier alpha value is -1.84. The van der Waals surface area contributed by atoms with Crippen LogP contribution in [0.25, 0.3) is 5.57 Å². The minimum atomic E-state index is 0.672. The molecule has 3 heterocycles. The fourth-order valence-electron chi connectivity index (χ4n) is 4.52. The molecule has 0 N–H and O–H groups in total. The zero-order valence-corrected chi connectivity index (χ0v) is 15.6. The third-order valence-corrected chi connectivity index (χ3v) is 6.28. The number of thiophene rings is 1. The summed E-state index contributed by atoms with van der Waals surface area (Å²) in [6.07, 6.45) is 7.04. The van der Waals surface area contributed by atoms with Crippen LogP contribution in [0.5, 0.6) is 5.75 Å². The zero-order chi connectivity index (χ0) is 17.2. The molecular formula is C22H25NOS. The van der Waals surface area contributed by atoms with Gasteiger partial charge in [0, 0.05) is 18.6 Å². The Kier molecular flexibility index (Phi) is 4.78. The van der Waals surface area contributed by atoms with Crippen molar-refractivity contribution in [2.75, 3.05) is 13.7 Å². The van der Waals surface area contributed by atoms with Crippen LogP contribution in [0.15, 0.2) is 59.3 Å². The van der Waals surface area contributed by atoms with Gasteiger partial charge in [-0.15, -0.1) is 6.58 Å². The Morgan fingerprint density at radius 3 is 2.68 bits per heavy atom. The summed E-state index contributed by atoms with van der Waals surface area (Å²) in [6, 6.07) is 12.1. The number of benzene rings is 1. The lowest BCUT2D eigenvalue weighted by Crippen LogP contribution is -2.40. The molecule has 2 fully saturated rings. The molecule has 0 saturated carbocycles. The monoisotopic (exact) mass is 351 g/mol. The molecule has 2 bridgehead atoms. The second-order valence-corrected chi connectivity index (χ2v) is 7.78. The van der Waals surface area contributed by atoms with Crippen molar-refractivity contribution < 1.29 is 4.74 Å². The summed E-state index contributed by atoms with van der Waals surface area (Å²) in [6.45, 7) is 4.97. The topological polar surface area (TPSA) is 12.5 Å². The number of hydrogen-bond donors (Lipinski definition) is 0. The molecule has 0 radical (unpaired) electrons. The molecular weight excluding hydrogens is 326 g/mol. The Morgan fingerprint density at radius 2 is 2.04 bits per heavy atom. The quantitative estimate of drug-likeness (QED) is 0.671. The molecule has 0 spiro atoms. The summed E-state index contributed by atoms with van der Waals surface area (Å²) >= 11 is 1.77. The first-order valence-corrected chi connectivity index (χ1v) is 10.00. The van der Waals surface area contributed by atoms with Crippen LogP contribution in [-0.2, 0) is 0 Å². The van der Waals surface area contributed by atoms with Gasteiger partial charge < -0.3 is 4.74 Å². The molecule has 2 unspecified atom stereocenters. The maximum Gasteiger partial charge on any atom is 0.119 e. The second kappa shape index (κ2) is 7.19. The Bertz CT molecular complexity index is 761. The maximum absolute atomic E-state index is 5.47. The molecule has 1 aromatic carbocycles. The molecule has 2 aliphatic rings. The molecule has 2 nitrogen and oxygen atoms in total. The minimum absolute atomic E-state index is 0.672. The number of fused-ring (bicyclic) bond motifs is 2. The highest BCUT2D eigenvalue weighted by atomic mass is 32.1. The van der Waals surface area contributed by atoms with E-state index in [1.54, 1.807) is 24.0 Å². The fourth-order valence-corrected chi connectivity index (χ4v) is 5.16. The third-order valence-electron chi connectivity index (χ3n) is 5.60. The van der Waals surface area contributed by atoms with Gasteiger partial charge >= 0.3 is 0 Å². The van der Waals surface area contributed by atoms with Crippen LogP contribution < -0.4 is 4.74 Å². The standard InChI is InChI=1S/C22H25NOS/c1-3-10-23-19-7-8-20(23)13-18(12-19)22(17-9-11-25-15-17)16-5-4-6-21(14-16)24-2/h3-6,9,11,14-15,19-20H,1,7-8,10,12-13H2,2H3. The number of hydrogen-bond acceptors (Lipinski definition) is 3. The number of piperidine rings is 1. The molecule has 2 atom stereocenters. The third kappa shape index (κ3) is 3.19. The first-order valence-electron chi connectivity index (χ1n) is 9.06. The number of methoxy groups -OCH3 is 1. The van der Waals surface area contributed by atoms with Gasteiger partial charge in [0.05, 0.1) is 7.11 Å². The molecule has 0 amide bonds. The van der Waals surface area contributed by atoms with Crippen molar-refractivity contribution in [1.82, 2.24) is 4.90 Å². The SMILES string of the molecule is C=CCN1C2CCC1CC(=C(c1ccsc1)c1cccc(OC)c1)C2. The summed E-state index contributed by atoms with van der Waals surface area (Å²) in [7, 11) is 1.74. The molecule has 2 saturated heterocycles. The van der Waals surface area contributed by atoms with Gasteiger partial charge in [-0.25, -0.2) is 0 Å². The summed E-state index contributed by atoms with van der Waals surface area (Å²) in [5.74, 6) is 0.929. The Balaban J connectivity index is 1.77. The van der Waals surface area contributed by atoms with E-state index in [-0.39, 0.29) is 0 Å². The van der Waals surface area contributed by atoms with Crippen LogP contribution in [0.1, 0.15) is 36.8 Å².